The van der Waals surface area contributed by atoms with Gasteiger partial charge in [0.2, 0.25) is 5.91 Å². The lowest BCUT2D eigenvalue weighted by molar-refractivity contribution is -0.145. The number of amides is 1. The van der Waals surface area contributed by atoms with E-state index in [0.717, 1.165) is 17.1 Å². The smallest absolute Gasteiger partial charge is 0.310 e. The number of carbonyl (C=O) groups is 2. The molecule has 2 rings (SSSR count). The Kier molecular flexibility index (Phi) is 4.75. The molecule has 1 aromatic heterocycles. The van der Waals surface area contributed by atoms with Crippen molar-refractivity contribution in [3.8, 4) is 0 Å². The zero-order chi connectivity index (χ0) is 14.7. The van der Waals surface area contributed by atoms with E-state index in [1.54, 1.807) is 16.2 Å². The molecule has 0 aromatic carbocycles. The van der Waals surface area contributed by atoms with E-state index in [2.05, 4.69) is 18.8 Å². The molecule has 1 aromatic rings. The molecule has 1 aliphatic heterocycles. The number of methoxy groups -OCH3 is 1. The van der Waals surface area contributed by atoms with Crippen LogP contribution in [0, 0.1) is 5.92 Å². The third-order valence-corrected chi connectivity index (χ3v) is 4.64. The molecule has 6 heteroatoms. The van der Waals surface area contributed by atoms with Crippen molar-refractivity contribution in [2.24, 2.45) is 5.92 Å². The SMILES string of the molecule is COC(=O)C1CC(=O)N(CCc2csc(C(C)C)n2)C1. The van der Waals surface area contributed by atoms with Gasteiger partial charge in [-0.2, -0.15) is 0 Å². The Bertz CT molecular complexity index is 498. The Labute approximate surface area is 122 Å². The maximum absolute atomic E-state index is 11.8. The standard InChI is InChI=1S/C14H20N2O3S/c1-9(2)13-15-11(8-20-13)4-5-16-7-10(6-12(16)17)14(18)19-3/h8-10H,4-7H2,1-3H3. The van der Waals surface area contributed by atoms with Crippen LogP contribution in [0.15, 0.2) is 5.38 Å². The minimum atomic E-state index is -0.311. The maximum Gasteiger partial charge on any atom is 0.310 e. The highest BCUT2D eigenvalue weighted by Gasteiger charge is 2.34. The largest absolute Gasteiger partial charge is 0.469 e. The molecule has 110 valence electrons. The van der Waals surface area contributed by atoms with Gasteiger partial charge in [0.1, 0.15) is 0 Å². The van der Waals surface area contributed by atoms with Gasteiger partial charge in [0, 0.05) is 37.2 Å². The van der Waals surface area contributed by atoms with Crippen molar-refractivity contribution in [3.63, 3.8) is 0 Å². The number of carbonyl (C=O) groups excluding carboxylic acids is 2. The Morgan fingerprint density at radius 3 is 2.95 bits per heavy atom. The Balaban J connectivity index is 1.87. The summed E-state index contributed by atoms with van der Waals surface area (Å²) in [4.78, 5) is 29.6. The lowest BCUT2D eigenvalue weighted by Gasteiger charge is -2.15. The maximum atomic E-state index is 11.8. The van der Waals surface area contributed by atoms with Crippen LogP contribution in [0.3, 0.4) is 0 Å². The molecule has 1 unspecified atom stereocenters. The minimum Gasteiger partial charge on any atom is -0.469 e. The summed E-state index contributed by atoms with van der Waals surface area (Å²) < 4.78 is 4.69. The summed E-state index contributed by atoms with van der Waals surface area (Å²) in [6, 6.07) is 0. The summed E-state index contributed by atoms with van der Waals surface area (Å²) in [5.74, 6) is -0.142. The predicted octanol–water partition coefficient (Wildman–Crippen LogP) is 1.83. The quantitative estimate of drug-likeness (QED) is 0.778. The summed E-state index contributed by atoms with van der Waals surface area (Å²) in [7, 11) is 1.36. The van der Waals surface area contributed by atoms with Crippen molar-refractivity contribution in [1.29, 1.82) is 0 Å². The number of hydrogen-bond acceptors (Lipinski definition) is 5. The summed E-state index contributed by atoms with van der Waals surface area (Å²) in [6.45, 7) is 5.32. The van der Waals surface area contributed by atoms with Crippen LogP contribution in [-0.2, 0) is 20.7 Å². The molecule has 0 radical (unpaired) electrons. The molecule has 1 atom stereocenters. The molecule has 1 amide bonds. The minimum absolute atomic E-state index is 0.0275. The van der Waals surface area contributed by atoms with Crippen molar-refractivity contribution in [2.45, 2.75) is 32.6 Å². The molecule has 2 heterocycles. The van der Waals surface area contributed by atoms with Crippen molar-refractivity contribution < 1.29 is 14.3 Å². The van der Waals surface area contributed by atoms with E-state index in [0.29, 0.717) is 19.0 Å². The molecule has 1 saturated heterocycles. The molecule has 0 aliphatic carbocycles. The number of likely N-dealkylation sites (tertiary alicyclic amines) is 1. The van der Waals surface area contributed by atoms with E-state index in [1.165, 1.54) is 7.11 Å². The van der Waals surface area contributed by atoms with Crippen LogP contribution < -0.4 is 0 Å². The first-order chi connectivity index (χ1) is 9.51. The summed E-state index contributed by atoms with van der Waals surface area (Å²) in [5.41, 5.74) is 1.02. The molecule has 20 heavy (non-hydrogen) atoms. The molecular formula is C14H20N2O3S. The zero-order valence-electron chi connectivity index (χ0n) is 12.1. The molecule has 0 bridgehead atoms. The lowest BCUT2D eigenvalue weighted by atomic mass is 10.1. The third kappa shape index (κ3) is 3.36. The highest BCUT2D eigenvalue weighted by molar-refractivity contribution is 7.09. The van der Waals surface area contributed by atoms with Crippen molar-refractivity contribution in [3.05, 3.63) is 16.1 Å². The first-order valence-corrected chi connectivity index (χ1v) is 7.69. The fraction of sp³-hybridized carbons (Fsp3) is 0.643. The number of aromatic nitrogens is 1. The van der Waals surface area contributed by atoms with Gasteiger partial charge in [-0.1, -0.05) is 13.8 Å². The van der Waals surface area contributed by atoms with E-state index in [1.807, 2.05) is 5.38 Å². The molecule has 0 spiro atoms. The second kappa shape index (κ2) is 6.35. The predicted molar refractivity (Wildman–Crippen MR) is 76.6 cm³/mol. The zero-order valence-corrected chi connectivity index (χ0v) is 12.9. The van der Waals surface area contributed by atoms with Crippen LogP contribution in [0.5, 0.6) is 0 Å². The summed E-state index contributed by atoms with van der Waals surface area (Å²) >= 11 is 1.66. The van der Waals surface area contributed by atoms with Gasteiger partial charge in [0.05, 0.1) is 23.7 Å². The van der Waals surface area contributed by atoms with Crippen molar-refractivity contribution in [2.75, 3.05) is 20.2 Å². The molecule has 5 nitrogen and oxygen atoms in total. The number of hydrogen-bond donors (Lipinski definition) is 0. The number of esters is 1. The lowest BCUT2D eigenvalue weighted by Crippen LogP contribution is -2.28. The van der Waals surface area contributed by atoms with E-state index >= 15 is 0 Å². The van der Waals surface area contributed by atoms with Gasteiger partial charge in [0.15, 0.2) is 0 Å². The van der Waals surface area contributed by atoms with E-state index in [4.69, 9.17) is 4.74 Å². The Morgan fingerprint density at radius 2 is 2.35 bits per heavy atom. The highest BCUT2D eigenvalue weighted by atomic mass is 32.1. The fourth-order valence-electron chi connectivity index (χ4n) is 2.26. The monoisotopic (exact) mass is 296 g/mol. The number of ether oxygens (including phenoxy) is 1. The van der Waals surface area contributed by atoms with Crippen LogP contribution in [0.4, 0.5) is 0 Å². The van der Waals surface area contributed by atoms with Crippen LogP contribution in [0.2, 0.25) is 0 Å². The van der Waals surface area contributed by atoms with E-state index < -0.39 is 0 Å². The highest BCUT2D eigenvalue weighted by Crippen LogP contribution is 2.22. The van der Waals surface area contributed by atoms with Crippen molar-refractivity contribution >= 4 is 23.2 Å². The molecule has 0 saturated carbocycles. The van der Waals surface area contributed by atoms with Gasteiger partial charge >= 0.3 is 5.97 Å². The second-order valence-electron chi connectivity index (χ2n) is 5.35. The first kappa shape index (κ1) is 15.0. The average Bonchev–Trinajstić information content (AvgIpc) is 3.02. The van der Waals surface area contributed by atoms with E-state index in [-0.39, 0.29) is 24.2 Å². The number of thiazole rings is 1. The second-order valence-corrected chi connectivity index (χ2v) is 6.24. The number of rotatable bonds is 5. The van der Waals surface area contributed by atoms with Gasteiger partial charge in [-0.3, -0.25) is 9.59 Å². The average molecular weight is 296 g/mol. The summed E-state index contributed by atoms with van der Waals surface area (Å²) in [5, 5.41) is 3.17. The normalized spacial score (nSPS) is 18.9. The van der Waals surface area contributed by atoms with Crippen LogP contribution in [0.1, 0.15) is 36.9 Å². The third-order valence-electron chi connectivity index (χ3n) is 3.45. The van der Waals surface area contributed by atoms with Gasteiger partial charge < -0.3 is 9.64 Å². The molecule has 0 N–H and O–H groups in total. The molecule has 1 aliphatic rings. The van der Waals surface area contributed by atoms with Crippen LogP contribution in [-0.4, -0.2) is 42.0 Å². The Hall–Kier alpha value is -1.43. The molecular weight excluding hydrogens is 276 g/mol. The molecule has 1 fully saturated rings. The number of nitrogens with zero attached hydrogens (tertiary/aromatic N) is 2. The van der Waals surface area contributed by atoms with Gasteiger partial charge in [-0.25, -0.2) is 4.98 Å². The Morgan fingerprint density at radius 1 is 1.60 bits per heavy atom. The van der Waals surface area contributed by atoms with Crippen LogP contribution in [0.25, 0.3) is 0 Å². The van der Waals surface area contributed by atoms with Crippen molar-refractivity contribution in [1.82, 2.24) is 9.88 Å². The first-order valence-electron chi connectivity index (χ1n) is 6.81. The van der Waals surface area contributed by atoms with Gasteiger partial charge in [-0.15, -0.1) is 11.3 Å². The fourth-order valence-corrected chi connectivity index (χ4v) is 3.13. The van der Waals surface area contributed by atoms with E-state index in [9.17, 15) is 9.59 Å². The van der Waals surface area contributed by atoms with Gasteiger partial charge in [-0.05, 0) is 0 Å². The summed E-state index contributed by atoms with van der Waals surface area (Å²) in [6.07, 6.45) is 1.00. The topological polar surface area (TPSA) is 59.5 Å². The van der Waals surface area contributed by atoms with Crippen LogP contribution >= 0.6 is 11.3 Å². The van der Waals surface area contributed by atoms with Gasteiger partial charge in [0.25, 0.3) is 0 Å².